The Bertz CT molecular complexity index is 661. The van der Waals surface area contributed by atoms with Gasteiger partial charge in [-0.3, -0.25) is 13.8 Å². The number of hydrogen-bond acceptors (Lipinski definition) is 7. The molecule has 1 heterocycles. The molecule has 2 aliphatic carbocycles. The standard InChI is InChI=1S/C15H21NO7S/c1-3-12(17)16-8-13(18)21-4-5-22-14-9-6-10-11(7-9)24(19,20)23-15(10,14)2/h3,9-11,14H,1,4-8H2,2H3,(H,16,17). The van der Waals surface area contributed by atoms with E-state index in [-0.39, 0.29) is 37.7 Å². The number of carbonyl (C=O) groups is 2. The van der Waals surface area contributed by atoms with Crippen LogP contribution in [-0.2, 0) is 33.4 Å². The van der Waals surface area contributed by atoms with E-state index in [0.717, 1.165) is 12.5 Å². The Hall–Kier alpha value is -1.45. The van der Waals surface area contributed by atoms with Crippen molar-refractivity contribution in [1.82, 2.24) is 5.32 Å². The van der Waals surface area contributed by atoms with Crippen molar-refractivity contribution in [1.29, 1.82) is 0 Å². The lowest BCUT2D eigenvalue weighted by Crippen LogP contribution is -2.46. The Labute approximate surface area is 140 Å². The molecule has 5 atom stereocenters. The number of carbonyl (C=O) groups excluding carboxylic acids is 2. The molecule has 5 unspecified atom stereocenters. The highest BCUT2D eigenvalue weighted by molar-refractivity contribution is 7.87. The molecule has 0 radical (unpaired) electrons. The normalized spacial score (nSPS) is 38.0. The van der Waals surface area contributed by atoms with E-state index in [1.165, 1.54) is 0 Å². The molecule has 24 heavy (non-hydrogen) atoms. The Morgan fingerprint density at radius 2 is 2.12 bits per heavy atom. The fourth-order valence-electron chi connectivity index (χ4n) is 4.22. The SMILES string of the molecule is C=CC(=O)NCC(=O)OCCOC1C2CC3C(C2)S(=O)(=O)OC31C. The van der Waals surface area contributed by atoms with Crippen molar-refractivity contribution in [3.63, 3.8) is 0 Å². The van der Waals surface area contributed by atoms with Gasteiger partial charge in [0.2, 0.25) is 5.91 Å². The van der Waals surface area contributed by atoms with Crippen LogP contribution in [0.25, 0.3) is 0 Å². The molecule has 0 aromatic carbocycles. The van der Waals surface area contributed by atoms with Gasteiger partial charge in [-0.15, -0.1) is 0 Å². The summed E-state index contributed by atoms with van der Waals surface area (Å²) in [5, 5.41) is 1.91. The summed E-state index contributed by atoms with van der Waals surface area (Å²) in [6.07, 6.45) is 2.11. The monoisotopic (exact) mass is 359 g/mol. The predicted molar refractivity (Wildman–Crippen MR) is 82.3 cm³/mol. The van der Waals surface area contributed by atoms with Gasteiger partial charge in [0.05, 0.1) is 18.0 Å². The number of esters is 1. The first kappa shape index (κ1) is 17.4. The summed E-state index contributed by atoms with van der Waals surface area (Å²) >= 11 is 0. The molecule has 1 N–H and O–H groups in total. The van der Waals surface area contributed by atoms with E-state index in [4.69, 9.17) is 13.7 Å². The molecule has 3 rings (SSSR count). The molecule has 3 fully saturated rings. The number of nitrogens with one attached hydrogen (secondary N) is 1. The first-order valence-corrected chi connectivity index (χ1v) is 9.37. The third-order valence-corrected chi connectivity index (χ3v) is 7.03. The zero-order chi connectivity index (χ0) is 17.5. The molecule has 2 bridgehead atoms. The number of rotatable bonds is 7. The van der Waals surface area contributed by atoms with Crippen molar-refractivity contribution in [2.24, 2.45) is 11.8 Å². The zero-order valence-electron chi connectivity index (χ0n) is 13.4. The third kappa shape index (κ3) is 2.84. The van der Waals surface area contributed by atoms with E-state index >= 15 is 0 Å². The van der Waals surface area contributed by atoms with Crippen molar-refractivity contribution in [2.45, 2.75) is 36.7 Å². The van der Waals surface area contributed by atoms with Crippen LogP contribution in [0.15, 0.2) is 12.7 Å². The highest BCUT2D eigenvalue weighted by Crippen LogP contribution is 2.61. The van der Waals surface area contributed by atoms with Gasteiger partial charge < -0.3 is 14.8 Å². The van der Waals surface area contributed by atoms with Gasteiger partial charge in [0, 0.05) is 5.92 Å². The van der Waals surface area contributed by atoms with Crippen LogP contribution in [-0.4, -0.2) is 57.0 Å². The van der Waals surface area contributed by atoms with Crippen LogP contribution in [0.1, 0.15) is 19.8 Å². The minimum Gasteiger partial charge on any atom is -0.462 e. The number of amides is 1. The summed E-state index contributed by atoms with van der Waals surface area (Å²) in [7, 11) is -3.50. The maximum Gasteiger partial charge on any atom is 0.325 e. The molecule has 8 nitrogen and oxygen atoms in total. The Balaban J connectivity index is 1.45. The Kier molecular flexibility index (Phi) is 4.43. The van der Waals surface area contributed by atoms with Gasteiger partial charge in [0.1, 0.15) is 18.8 Å². The van der Waals surface area contributed by atoms with Crippen molar-refractivity contribution in [3.05, 3.63) is 12.7 Å². The lowest BCUT2D eigenvalue weighted by molar-refractivity contribution is -0.148. The molecule has 1 saturated heterocycles. The smallest absolute Gasteiger partial charge is 0.325 e. The van der Waals surface area contributed by atoms with E-state index in [0.29, 0.717) is 6.42 Å². The molecule has 2 saturated carbocycles. The Morgan fingerprint density at radius 3 is 2.83 bits per heavy atom. The lowest BCUT2D eigenvalue weighted by Gasteiger charge is -2.33. The average molecular weight is 359 g/mol. The molecule has 3 aliphatic rings. The highest BCUT2D eigenvalue weighted by atomic mass is 32.2. The molecular weight excluding hydrogens is 338 g/mol. The van der Waals surface area contributed by atoms with Crippen molar-refractivity contribution < 1.29 is 31.7 Å². The van der Waals surface area contributed by atoms with Gasteiger partial charge in [0.15, 0.2) is 0 Å². The van der Waals surface area contributed by atoms with E-state index in [9.17, 15) is 18.0 Å². The summed E-state index contributed by atoms with van der Waals surface area (Å²) in [5.41, 5.74) is -0.811. The second kappa shape index (κ2) is 6.12. The lowest BCUT2D eigenvalue weighted by atomic mass is 9.83. The summed E-state index contributed by atoms with van der Waals surface area (Å²) < 4.78 is 40.1. The quantitative estimate of drug-likeness (QED) is 0.289. The zero-order valence-corrected chi connectivity index (χ0v) is 14.2. The minimum absolute atomic E-state index is 0.0193. The summed E-state index contributed by atoms with van der Waals surface area (Å²) in [6, 6.07) is 0. The van der Waals surface area contributed by atoms with E-state index in [1.807, 2.05) is 0 Å². The third-order valence-electron chi connectivity index (χ3n) is 5.17. The predicted octanol–water partition coefficient (Wildman–Crippen LogP) is -0.256. The van der Waals surface area contributed by atoms with Crippen molar-refractivity contribution in [3.8, 4) is 0 Å². The fourth-order valence-corrected chi connectivity index (χ4v) is 6.33. The number of hydrogen-bond donors (Lipinski definition) is 1. The topological polar surface area (TPSA) is 108 Å². The van der Waals surface area contributed by atoms with Crippen LogP contribution in [0.4, 0.5) is 0 Å². The maximum atomic E-state index is 12.0. The van der Waals surface area contributed by atoms with E-state index in [1.54, 1.807) is 6.92 Å². The van der Waals surface area contributed by atoms with Gasteiger partial charge in [0.25, 0.3) is 10.1 Å². The average Bonchev–Trinajstić information content (AvgIpc) is 3.10. The van der Waals surface area contributed by atoms with Crippen LogP contribution < -0.4 is 5.32 Å². The summed E-state index contributed by atoms with van der Waals surface area (Å²) in [4.78, 5) is 22.4. The minimum atomic E-state index is -3.50. The number of ether oxygens (including phenoxy) is 2. The van der Waals surface area contributed by atoms with Crippen LogP contribution in [0.5, 0.6) is 0 Å². The number of fused-ring (bicyclic) bond motifs is 1. The first-order chi connectivity index (χ1) is 11.3. The van der Waals surface area contributed by atoms with Crippen LogP contribution in [0.3, 0.4) is 0 Å². The van der Waals surface area contributed by atoms with Gasteiger partial charge in [-0.25, -0.2) is 0 Å². The van der Waals surface area contributed by atoms with Crippen molar-refractivity contribution >= 4 is 22.0 Å². The summed E-state index contributed by atoms with van der Waals surface area (Å²) in [6.45, 7) is 5.01. The van der Waals surface area contributed by atoms with Crippen LogP contribution >= 0.6 is 0 Å². The van der Waals surface area contributed by atoms with Gasteiger partial charge >= 0.3 is 5.97 Å². The summed E-state index contributed by atoms with van der Waals surface area (Å²) in [5.74, 6) is -0.890. The second-order valence-corrected chi connectivity index (χ2v) is 8.33. The van der Waals surface area contributed by atoms with Gasteiger partial charge in [-0.05, 0) is 31.8 Å². The van der Waals surface area contributed by atoms with Crippen molar-refractivity contribution in [2.75, 3.05) is 19.8 Å². The molecule has 0 spiro atoms. The van der Waals surface area contributed by atoms with Crippen LogP contribution in [0.2, 0.25) is 0 Å². The Morgan fingerprint density at radius 1 is 1.38 bits per heavy atom. The molecule has 1 amide bonds. The van der Waals surface area contributed by atoms with E-state index in [2.05, 4.69) is 11.9 Å². The molecule has 134 valence electrons. The molecule has 1 aliphatic heterocycles. The highest BCUT2D eigenvalue weighted by Gasteiger charge is 2.70. The maximum absolute atomic E-state index is 12.0. The molecule has 9 heteroatoms. The van der Waals surface area contributed by atoms with Crippen LogP contribution in [0, 0.1) is 11.8 Å². The largest absolute Gasteiger partial charge is 0.462 e. The molecule has 0 aromatic rings. The van der Waals surface area contributed by atoms with E-state index < -0.39 is 32.8 Å². The first-order valence-electron chi connectivity index (χ1n) is 7.90. The van der Waals surface area contributed by atoms with Gasteiger partial charge in [-0.1, -0.05) is 6.58 Å². The second-order valence-electron chi connectivity index (χ2n) is 6.57. The molecule has 0 aromatic heterocycles. The molecular formula is C15H21NO7S. The fraction of sp³-hybridized carbons (Fsp3) is 0.733. The van der Waals surface area contributed by atoms with Gasteiger partial charge in [-0.2, -0.15) is 8.42 Å².